The van der Waals surface area contributed by atoms with Crippen LogP contribution >= 0.6 is 0 Å². The maximum atomic E-state index is 12.9. The predicted octanol–water partition coefficient (Wildman–Crippen LogP) is 4.16. The number of amides is 2. The Bertz CT molecular complexity index is 906. The van der Waals surface area contributed by atoms with E-state index in [0.717, 1.165) is 12.1 Å². The Labute approximate surface area is 178 Å². The zero-order valence-electron chi connectivity index (χ0n) is 17.4. The summed E-state index contributed by atoms with van der Waals surface area (Å²) >= 11 is 0. The Morgan fingerprint density at radius 2 is 1.68 bits per heavy atom. The molecule has 2 rings (SSSR count). The SMILES string of the molecule is CC(C)(C)OC(=O)N[C@@H](Cc1ccc(O)cc1)C(=O)NCc1cccc(C(F)(F)F)c1. The van der Waals surface area contributed by atoms with Crippen LogP contribution in [0.2, 0.25) is 0 Å². The van der Waals surface area contributed by atoms with Crippen LogP contribution in [0.1, 0.15) is 37.5 Å². The van der Waals surface area contributed by atoms with Crippen LogP contribution in [0.25, 0.3) is 0 Å². The molecule has 0 saturated carbocycles. The van der Waals surface area contributed by atoms with E-state index in [1.807, 2.05) is 0 Å². The summed E-state index contributed by atoms with van der Waals surface area (Å²) in [5.41, 5.74) is -0.662. The maximum Gasteiger partial charge on any atom is 0.416 e. The zero-order valence-corrected chi connectivity index (χ0v) is 17.4. The summed E-state index contributed by atoms with van der Waals surface area (Å²) < 4.78 is 43.8. The molecule has 0 saturated heterocycles. The first-order valence-corrected chi connectivity index (χ1v) is 9.55. The lowest BCUT2D eigenvalue weighted by Gasteiger charge is -2.23. The van der Waals surface area contributed by atoms with Crippen LogP contribution in [0.5, 0.6) is 5.75 Å². The highest BCUT2D eigenvalue weighted by Gasteiger charge is 2.30. The number of alkyl carbamates (subject to hydrolysis) is 1. The van der Waals surface area contributed by atoms with Crippen molar-refractivity contribution >= 4 is 12.0 Å². The minimum atomic E-state index is -4.49. The molecule has 0 bridgehead atoms. The van der Waals surface area contributed by atoms with Crippen molar-refractivity contribution < 1.29 is 32.6 Å². The van der Waals surface area contributed by atoms with Gasteiger partial charge >= 0.3 is 12.3 Å². The van der Waals surface area contributed by atoms with Gasteiger partial charge in [-0.25, -0.2) is 4.79 Å². The van der Waals surface area contributed by atoms with E-state index in [0.29, 0.717) is 5.56 Å². The van der Waals surface area contributed by atoms with Crippen molar-refractivity contribution in [2.75, 3.05) is 0 Å². The van der Waals surface area contributed by atoms with Gasteiger partial charge < -0.3 is 20.5 Å². The van der Waals surface area contributed by atoms with Crippen LogP contribution in [-0.4, -0.2) is 28.7 Å². The van der Waals surface area contributed by atoms with Gasteiger partial charge in [0.1, 0.15) is 17.4 Å². The van der Waals surface area contributed by atoms with Gasteiger partial charge in [0.05, 0.1) is 5.56 Å². The predicted molar refractivity (Wildman–Crippen MR) is 108 cm³/mol. The molecule has 6 nitrogen and oxygen atoms in total. The Hall–Kier alpha value is -3.23. The zero-order chi connectivity index (χ0) is 23.2. The van der Waals surface area contributed by atoms with Crippen LogP contribution in [0.15, 0.2) is 48.5 Å². The van der Waals surface area contributed by atoms with E-state index in [9.17, 15) is 27.9 Å². The quantitative estimate of drug-likeness (QED) is 0.632. The molecule has 0 radical (unpaired) electrons. The molecule has 2 aromatic carbocycles. The number of phenolic OH excluding ortho intramolecular Hbond substituents is 1. The average molecular weight is 438 g/mol. The van der Waals surface area contributed by atoms with Gasteiger partial charge in [-0.2, -0.15) is 13.2 Å². The highest BCUT2D eigenvalue weighted by Crippen LogP contribution is 2.29. The minimum absolute atomic E-state index is 0.0504. The summed E-state index contributed by atoms with van der Waals surface area (Å²) in [6, 6.07) is 9.67. The monoisotopic (exact) mass is 438 g/mol. The lowest BCUT2D eigenvalue weighted by atomic mass is 10.0. The van der Waals surface area contributed by atoms with Gasteiger partial charge in [-0.1, -0.05) is 24.3 Å². The fourth-order valence-corrected chi connectivity index (χ4v) is 2.70. The molecule has 2 aromatic rings. The number of hydrogen-bond donors (Lipinski definition) is 3. The summed E-state index contributed by atoms with van der Waals surface area (Å²) in [6.45, 7) is 4.88. The number of ether oxygens (including phenoxy) is 1. The van der Waals surface area contributed by atoms with E-state index in [1.54, 1.807) is 32.9 Å². The van der Waals surface area contributed by atoms with Crippen molar-refractivity contribution in [2.45, 2.75) is 51.6 Å². The van der Waals surface area contributed by atoms with E-state index in [1.165, 1.54) is 24.3 Å². The second-order valence-electron chi connectivity index (χ2n) is 7.99. The molecular formula is C22H25F3N2O4. The van der Waals surface area contributed by atoms with Crippen molar-refractivity contribution in [3.8, 4) is 5.75 Å². The Morgan fingerprint density at radius 1 is 1.03 bits per heavy atom. The lowest BCUT2D eigenvalue weighted by Crippen LogP contribution is -2.49. The summed E-state index contributed by atoms with van der Waals surface area (Å²) in [7, 11) is 0. The number of alkyl halides is 3. The fraction of sp³-hybridized carbons (Fsp3) is 0.364. The summed E-state index contributed by atoms with van der Waals surface area (Å²) in [4.78, 5) is 24.9. The fourth-order valence-electron chi connectivity index (χ4n) is 2.70. The molecule has 2 amide bonds. The normalized spacial score (nSPS) is 12.7. The van der Waals surface area contributed by atoms with Gasteiger partial charge in [-0.05, 0) is 56.2 Å². The van der Waals surface area contributed by atoms with Crippen LogP contribution in [-0.2, 0) is 28.7 Å². The van der Waals surface area contributed by atoms with E-state index in [2.05, 4.69) is 10.6 Å². The molecule has 0 aromatic heterocycles. The molecule has 0 heterocycles. The van der Waals surface area contributed by atoms with Gasteiger partial charge in [0.2, 0.25) is 5.91 Å². The van der Waals surface area contributed by atoms with Crippen molar-refractivity contribution in [1.29, 1.82) is 0 Å². The second-order valence-corrected chi connectivity index (χ2v) is 7.99. The molecule has 0 aliphatic heterocycles. The van der Waals surface area contributed by atoms with Gasteiger partial charge in [-0.15, -0.1) is 0 Å². The third kappa shape index (κ3) is 8.19. The highest BCUT2D eigenvalue weighted by molar-refractivity contribution is 5.86. The molecule has 0 fully saturated rings. The number of benzene rings is 2. The van der Waals surface area contributed by atoms with Gasteiger partial charge in [0, 0.05) is 13.0 Å². The Morgan fingerprint density at radius 3 is 2.26 bits per heavy atom. The molecule has 0 aliphatic carbocycles. The smallest absolute Gasteiger partial charge is 0.416 e. The van der Waals surface area contributed by atoms with Crippen LogP contribution < -0.4 is 10.6 Å². The largest absolute Gasteiger partial charge is 0.508 e. The van der Waals surface area contributed by atoms with Crippen LogP contribution in [0, 0.1) is 0 Å². The maximum absolute atomic E-state index is 12.9. The number of halogens is 3. The average Bonchev–Trinajstić information content (AvgIpc) is 2.65. The molecule has 0 aliphatic rings. The van der Waals surface area contributed by atoms with E-state index in [4.69, 9.17) is 4.74 Å². The van der Waals surface area contributed by atoms with Gasteiger partial charge in [-0.3, -0.25) is 4.79 Å². The molecule has 31 heavy (non-hydrogen) atoms. The number of rotatable bonds is 6. The first kappa shape index (κ1) is 24.0. The number of aromatic hydroxyl groups is 1. The standard InChI is InChI=1S/C22H25F3N2O4/c1-21(2,3)31-20(30)27-18(12-14-7-9-17(28)10-8-14)19(29)26-13-15-5-4-6-16(11-15)22(23,24)25/h4-11,18,28H,12-13H2,1-3H3,(H,26,29)(H,27,30)/t18-/m0/s1. The van der Waals surface area contributed by atoms with Gasteiger partial charge in [0.25, 0.3) is 0 Å². The van der Waals surface area contributed by atoms with Crippen molar-refractivity contribution in [2.24, 2.45) is 0 Å². The first-order valence-electron chi connectivity index (χ1n) is 9.55. The molecule has 168 valence electrons. The molecule has 0 spiro atoms. The number of hydrogen-bond acceptors (Lipinski definition) is 4. The van der Waals surface area contributed by atoms with Crippen LogP contribution in [0.4, 0.5) is 18.0 Å². The molecule has 3 N–H and O–H groups in total. The number of carbonyl (C=O) groups is 2. The molecular weight excluding hydrogens is 413 g/mol. The Kier molecular flexibility index (Phi) is 7.54. The molecule has 1 atom stereocenters. The van der Waals surface area contributed by atoms with Crippen molar-refractivity contribution in [3.63, 3.8) is 0 Å². The van der Waals surface area contributed by atoms with Crippen LogP contribution in [0.3, 0.4) is 0 Å². The van der Waals surface area contributed by atoms with E-state index in [-0.39, 0.29) is 24.3 Å². The highest BCUT2D eigenvalue weighted by atomic mass is 19.4. The van der Waals surface area contributed by atoms with E-state index < -0.39 is 35.4 Å². The van der Waals surface area contributed by atoms with Crippen molar-refractivity contribution in [3.05, 3.63) is 65.2 Å². The second kappa shape index (κ2) is 9.72. The van der Waals surface area contributed by atoms with Gasteiger partial charge in [0.15, 0.2) is 0 Å². The van der Waals surface area contributed by atoms with Crippen molar-refractivity contribution in [1.82, 2.24) is 10.6 Å². The lowest BCUT2D eigenvalue weighted by molar-refractivity contribution is -0.137. The summed E-state index contributed by atoms with van der Waals surface area (Å²) in [5.74, 6) is -0.536. The number of phenols is 1. The topological polar surface area (TPSA) is 87.7 Å². The minimum Gasteiger partial charge on any atom is -0.508 e. The number of nitrogens with one attached hydrogen (secondary N) is 2. The third-order valence-electron chi connectivity index (χ3n) is 4.10. The van der Waals surface area contributed by atoms with E-state index >= 15 is 0 Å². The third-order valence-corrected chi connectivity index (χ3v) is 4.10. The summed E-state index contributed by atoms with van der Waals surface area (Å²) in [5, 5.41) is 14.5. The summed E-state index contributed by atoms with van der Waals surface area (Å²) in [6.07, 6.45) is -5.20. The molecule has 9 heteroatoms. The first-order chi connectivity index (χ1) is 14.3. The number of carbonyl (C=O) groups excluding carboxylic acids is 2. The Balaban J connectivity index is 2.11. The molecule has 0 unspecified atom stereocenters.